The molecule has 31 heavy (non-hydrogen) atoms. The summed E-state index contributed by atoms with van der Waals surface area (Å²) in [6.07, 6.45) is 2.25. The molecule has 0 aromatic carbocycles. The molecule has 0 amide bonds. The van der Waals surface area contributed by atoms with Crippen LogP contribution in [-0.4, -0.2) is 75.6 Å². The molecular formula is C20H32O11. The fourth-order valence-corrected chi connectivity index (χ4v) is 1.76. The van der Waals surface area contributed by atoms with E-state index in [1.165, 1.54) is 27.9 Å². The number of rotatable bonds is 15. The van der Waals surface area contributed by atoms with Crippen LogP contribution in [0.2, 0.25) is 0 Å². The summed E-state index contributed by atoms with van der Waals surface area (Å²) in [6.45, 7) is 3.99. The minimum absolute atomic E-state index is 0.159. The molecule has 0 saturated carbocycles. The Morgan fingerprint density at radius 1 is 0.613 bits per heavy atom. The molecule has 0 atom stereocenters. The molecule has 0 fully saturated rings. The molecular weight excluding hydrogens is 416 g/mol. The molecule has 0 aromatic rings. The molecule has 0 radical (unpaired) electrons. The van der Waals surface area contributed by atoms with Gasteiger partial charge in [0, 0.05) is 27.4 Å². The van der Waals surface area contributed by atoms with Crippen molar-refractivity contribution >= 4 is 35.4 Å². The molecule has 0 aliphatic heterocycles. The minimum Gasteiger partial charge on any atom is -0.463 e. The van der Waals surface area contributed by atoms with Crippen LogP contribution in [0.1, 0.15) is 52.9 Å². The monoisotopic (exact) mass is 448 g/mol. The summed E-state index contributed by atoms with van der Waals surface area (Å²) in [7, 11) is 1.54. The molecule has 0 unspecified atom stereocenters. The van der Waals surface area contributed by atoms with Gasteiger partial charge in [0.15, 0.2) is 12.4 Å². The number of ether oxygens (including phenoxy) is 5. The maximum Gasteiger partial charge on any atom is 0.344 e. The van der Waals surface area contributed by atoms with Crippen LogP contribution in [0.3, 0.4) is 0 Å². The van der Waals surface area contributed by atoms with E-state index in [4.69, 9.17) is 14.2 Å². The Hall–Kier alpha value is -2.82. The Kier molecular flexibility index (Phi) is 20.0. The van der Waals surface area contributed by atoms with Gasteiger partial charge in [0.2, 0.25) is 0 Å². The highest BCUT2D eigenvalue weighted by Crippen LogP contribution is 2.02. The summed E-state index contributed by atoms with van der Waals surface area (Å²) in [5.41, 5.74) is 0. The highest BCUT2D eigenvalue weighted by atomic mass is 16.6. The van der Waals surface area contributed by atoms with Crippen molar-refractivity contribution in [1.29, 1.82) is 0 Å². The van der Waals surface area contributed by atoms with E-state index in [0.29, 0.717) is 25.9 Å². The number of carbonyl (C=O) groups excluding carboxylic acids is 6. The van der Waals surface area contributed by atoms with E-state index in [0.717, 1.165) is 6.42 Å². The minimum atomic E-state index is -0.570. The Labute approximate surface area is 181 Å². The largest absolute Gasteiger partial charge is 0.463 e. The second kappa shape index (κ2) is 20.5. The Morgan fingerprint density at radius 2 is 1.19 bits per heavy atom. The van der Waals surface area contributed by atoms with Gasteiger partial charge >= 0.3 is 23.9 Å². The predicted octanol–water partition coefficient (Wildman–Crippen LogP) is 0.940. The summed E-state index contributed by atoms with van der Waals surface area (Å²) >= 11 is 0. The lowest BCUT2D eigenvalue weighted by molar-refractivity contribution is -0.157. The first-order valence-corrected chi connectivity index (χ1v) is 9.66. The SMILES string of the molecule is CC(=O)CC(=O)COC(C)=O.COCCOC(=O)CCCCCOC(=O)COC(C)=O. The number of ketones is 2. The van der Waals surface area contributed by atoms with Crippen LogP contribution in [-0.2, 0) is 52.5 Å². The highest BCUT2D eigenvalue weighted by molar-refractivity contribution is 5.98. The van der Waals surface area contributed by atoms with E-state index in [1.54, 1.807) is 0 Å². The van der Waals surface area contributed by atoms with Gasteiger partial charge in [0.1, 0.15) is 19.0 Å². The average molecular weight is 448 g/mol. The molecule has 11 heteroatoms. The van der Waals surface area contributed by atoms with E-state index in [1.807, 2.05) is 0 Å². The lowest BCUT2D eigenvalue weighted by Crippen LogP contribution is -2.15. The summed E-state index contributed by atoms with van der Waals surface area (Å²) < 4.78 is 23.3. The van der Waals surface area contributed by atoms with Crippen molar-refractivity contribution in [3.8, 4) is 0 Å². The van der Waals surface area contributed by atoms with Crippen molar-refractivity contribution in [3.05, 3.63) is 0 Å². The zero-order chi connectivity index (χ0) is 24.1. The van der Waals surface area contributed by atoms with Crippen LogP contribution in [0.4, 0.5) is 0 Å². The molecule has 0 aromatic heterocycles. The van der Waals surface area contributed by atoms with E-state index in [-0.39, 0.29) is 50.4 Å². The Balaban J connectivity index is 0. The van der Waals surface area contributed by atoms with Gasteiger partial charge in [0.25, 0.3) is 0 Å². The molecule has 0 heterocycles. The van der Waals surface area contributed by atoms with E-state index < -0.39 is 17.9 Å². The summed E-state index contributed by atoms with van der Waals surface area (Å²) in [4.78, 5) is 63.9. The zero-order valence-corrected chi connectivity index (χ0v) is 18.6. The quantitative estimate of drug-likeness (QED) is 0.152. The fraction of sp³-hybridized carbons (Fsp3) is 0.700. The third kappa shape index (κ3) is 27.2. The Bertz CT molecular complexity index is 584. The van der Waals surface area contributed by atoms with Crippen molar-refractivity contribution in [2.24, 2.45) is 0 Å². The van der Waals surface area contributed by atoms with Crippen molar-refractivity contribution in [3.63, 3.8) is 0 Å². The smallest absolute Gasteiger partial charge is 0.344 e. The van der Waals surface area contributed by atoms with Crippen LogP contribution in [0.5, 0.6) is 0 Å². The van der Waals surface area contributed by atoms with Gasteiger partial charge in [-0.25, -0.2) is 4.79 Å². The van der Waals surface area contributed by atoms with Gasteiger partial charge < -0.3 is 23.7 Å². The van der Waals surface area contributed by atoms with Crippen LogP contribution in [0.25, 0.3) is 0 Å². The van der Waals surface area contributed by atoms with E-state index in [9.17, 15) is 28.8 Å². The fourth-order valence-electron chi connectivity index (χ4n) is 1.76. The van der Waals surface area contributed by atoms with Crippen molar-refractivity contribution in [1.82, 2.24) is 0 Å². The molecule has 0 N–H and O–H groups in total. The highest BCUT2D eigenvalue weighted by Gasteiger charge is 2.07. The number of unbranched alkanes of at least 4 members (excludes halogenated alkanes) is 2. The average Bonchev–Trinajstić information content (AvgIpc) is 2.67. The first kappa shape index (κ1) is 30.4. The van der Waals surface area contributed by atoms with Gasteiger partial charge in [-0.3, -0.25) is 24.0 Å². The first-order chi connectivity index (χ1) is 14.6. The Morgan fingerprint density at radius 3 is 1.74 bits per heavy atom. The second-order valence-corrected chi connectivity index (χ2v) is 6.22. The maximum absolute atomic E-state index is 11.2. The number of esters is 4. The molecule has 0 aliphatic carbocycles. The van der Waals surface area contributed by atoms with Crippen LogP contribution in [0, 0.1) is 0 Å². The number of Topliss-reactive ketones (excluding diaryl/α,β-unsaturated/α-hetero) is 2. The van der Waals surface area contributed by atoms with Crippen molar-refractivity contribution in [2.75, 3.05) is 40.1 Å². The van der Waals surface area contributed by atoms with Crippen LogP contribution < -0.4 is 0 Å². The van der Waals surface area contributed by atoms with Crippen molar-refractivity contribution in [2.45, 2.75) is 52.9 Å². The maximum atomic E-state index is 11.2. The van der Waals surface area contributed by atoms with Gasteiger partial charge in [-0.2, -0.15) is 0 Å². The molecule has 0 rings (SSSR count). The lowest BCUT2D eigenvalue weighted by Gasteiger charge is -2.05. The summed E-state index contributed by atoms with van der Waals surface area (Å²) in [6, 6.07) is 0. The first-order valence-electron chi connectivity index (χ1n) is 9.66. The predicted molar refractivity (Wildman–Crippen MR) is 106 cm³/mol. The number of hydrogen-bond acceptors (Lipinski definition) is 11. The molecule has 0 bridgehead atoms. The molecule has 178 valence electrons. The third-order valence-corrected chi connectivity index (χ3v) is 3.11. The second-order valence-electron chi connectivity index (χ2n) is 6.22. The molecule has 0 aliphatic rings. The third-order valence-electron chi connectivity index (χ3n) is 3.11. The summed E-state index contributed by atoms with van der Waals surface area (Å²) in [5, 5.41) is 0. The lowest BCUT2D eigenvalue weighted by atomic mass is 10.2. The molecule has 11 nitrogen and oxygen atoms in total. The topological polar surface area (TPSA) is 149 Å². The normalized spacial score (nSPS) is 9.55. The van der Waals surface area contributed by atoms with Gasteiger partial charge in [0.05, 0.1) is 19.6 Å². The molecule has 0 saturated heterocycles. The zero-order valence-electron chi connectivity index (χ0n) is 18.6. The van der Waals surface area contributed by atoms with E-state index in [2.05, 4.69) is 9.47 Å². The van der Waals surface area contributed by atoms with Crippen LogP contribution in [0.15, 0.2) is 0 Å². The van der Waals surface area contributed by atoms with Gasteiger partial charge in [-0.1, -0.05) is 0 Å². The van der Waals surface area contributed by atoms with Gasteiger partial charge in [-0.05, 0) is 26.2 Å². The number of methoxy groups -OCH3 is 1. The van der Waals surface area contributed by atoms with Crippen LogP contribution >= 0.6 is 0 Å². The molecule has 0 spiro atoms. The standard InChI is InChI=1S/C13H22O7.C7H10O4/c1-11(14)20-10-13(16)18-7-5-3-4-6-12(15)19-9-8-17-2;1-5(8)3-7(10)4-11-6(2)9/h3-10H2,1-2H3;3-4H2,1-2H3. The number of carbonyl (C=O) groups is 6. The van der Waals surface area contributed by atoms with Gasteiger partial charge in [-0.15, -0.1) is 0 Å². The number of hydrogen-bond donors (Lipinski definition) is 0. The van der Waals surface area contributed by atoms with Crippen molar-refractivity contribution < 1.29 is 52.5 Å². The summed E-state index contributed by atoms with van der Waals surface area (Å²) in [5.74, 6) is -2.45. The van der Waals surface area contributed by atoms with E-state index >= 15 is 0 Å².